The molecule has 0 radical (unpaired) electrons. The molecule has 1 atom stereocenters. The molecule has 0 saturated heterocycles. The van der Waals surface area contributed by atoms with Crippen LogP contribution in [0.25, 0.3) is 0 Å². The first-order valence-corrected chi connectivity index (χ1v) is 9.87. The van der Waals surface area contributed by atoms with Crippen molar-refractivity contribution in [1.82, 2.24) is 0 Å². The standard InChI is InChI=1S/C19H21NO4S/c1-4-25(22,23)16-9-10-18-17(11-16)20(19(21)14(3)24-18)12-15-7-5-13(2)6-8-15/h5-11,14H,4,12H2,1-3H3. The molecular formula is C19H21NO4S. The Morgan fingerprint density at radius 1 is 1.12 bits per heavy atom. The minimum Gasteiger partial charge on any atom is -0.479 e. The Labute approximate surface area is 148 Å². The largest absolute Gasteiger partial charge is 0.479 e. The lowest BCUT2D eigenvalue weighted by molar-refractivity contribution is -0.125. The molecule has 5 nitrogen and oxygen atoms in total. The summed E-state index contributed by atoms with van der Waals surface area (Å²) < 4.78 is 30.0. The number of amides is 1. The average Bonchev–Trinajstić information content (AvgIpc) is 2.60. The second-order valence-corrected chi connectivity index (χ2v) is 8.48. The second-order valence-electron chi connectivity index (χ2n) is 6.20. The Morgan fingerprint density at radius 3 is 2.44 bits per heavy atom. The minimum absolute atomic E-state index is 0.00888. The van der Waals surface area contributed by atoms with Crippen LogP contribution in [0.2, 0.25) is 0 Å². The zero-order valence-corrected chi connectivity index (χ0v) is 15.3. The smallest absolute Gasteiger partial charge is 0.268 e. The summed E-state index contributed by atoms with van der Waals surface area (Å²) in [7, 11) is -3.36. The second kappa shape index (κ2) is 6.52. The third-order valence-corrected chi connectivity index (χ3v) is 6.07. The van der Waals surface area contributed by atoms with Crippen LogP contribution in [0.15, 0.2) is 47.4 Å². The lowest BCUT2D eigenvalue weighted by Gasteiger charge is -2.33. The van der Waals surface area contributed by atoms with E-state index in [4.69, 9.17) is 4.74 Å². The van der Waals surface area contributed by atoms with Crippen LogP contribution in [0, 0.1) is 6.92 Å². The van der Waals surface area contributed by atoms with Crippen molar-refractivity contribution in [1.29, 1.82) is 0 Å². The molecule has 0 N–H and O–H groups in total. The van der Waals surface area contributed by atoms with Crippen molar-refractivity contribution in [3.05, 3.63) is 53.6 Å². The first kappa shape index (κ1) is 17.5. The van der Waals surface area contributed by atoms with E-state index in [1.807, 2.05) is 31.2 Å². The van der Waals surface area contributed by atoms with Gasteiger partial charge in [0.2, 0.25) is 0 Å². The van der Waals surface area contributed by atoms with Gasteiger partial charge in [-0.2, -0.15) is 0 Å². The van der Waals surface area contributed by atoms with Gasteiger partial charge in [-0.3, -0.25) is 4.79 Å². The van der Waals surface area contributed by atoms with E-state index in [1.165, 1.54) is 12.1 Å². The van der Waals surface area contributed by atoms with Crippen LogP contribution in [0.1, 0.15) is 25.0 Å². The van der Waals surface area contributed by atoms with Crippen LogP contribution in [-0.2, 0) is 21.2 Å². The van der Waals surface area contributed by atoms with E-state index >= 15 is 0 Å². The number of ether oxygens (including phenoxy) is 1. The fourth-order valence-corrected chi connectivity index (χ4v) is 3.69. The van der Waals surface area contributed by atoms with E-state index in [9.17, 15) is 13.2 Å². The fourth-order valence-electron chi connectivity index (χ4n) is 2.79. The zero-order valence-electron chi connectivity index (χ0n) is 14.5. The van der Waals surface area contributed by atoms with Gasteiger partial charge < -0.3 is 9.64 Å². The van der Waals surface area contributed by atoms with Gasteiger partial charge in [-0.1, -0.05) is 36.8 Å². The molecular weight excluding hydrogens is 338 g/mol. The van der Waals surface area contributed by atoms with Gasteiger partial charge >= 0.3 is 0 Å². The van der Waals surface area contributed by atoms with Crippen molar-refractivity contribution in [2.45, 2.75) is 38.3 Å². The molecule has 0 fully saturated rings. The van der Waals surface area contributed by atoms with Crippen LogP contribution >= 0.6 is 0 Å². The number of fused-ring (bicyclic) bond motifs is 1. The molecule has 0 bridgehead atoms. The molecule has 132 valence electrons. The quantitative estimate of drug-likeness (QED) is 0.841. The summed E-state index contributed by atoms with van der Waals surface area (Å²) in [6.07, 6.45) is -0.605. The molecule has 0 aliphatic carbocycles. The summed E-state index contributed by atoms with van der Waals surface area (Å²) in [4.78, 5) is 14.4. The van der Waals surface area contributed by atoms with Crippen LogP contribution in [0.4, 0.5) is 5.69 Å². The predicted molar refractivity (Wildman–Crippen MR) is 96.6 cm³/mol. The number of anilines is 1. The van der Waals surface area contributed by atoms with E-state index in [-0.39, 0.29) is 16.6 Å². The van der Waals surface area contributed by atoms with E-state index in [1.54, 1.807) is 24.8 Å². The molecule has 1 unspecified atom stereocenters. The highest BCUT2D eigenvalue weighted by atomic mass is 32.2. The van der Waals surface area contributed by atoms with Crippen molar-refractivity contribution in [3.63, 3.8) is 0 Å². The van der Waals surface area contributed by atoms with Crippen LogP contribution in [-0.4, -0.2) is 26.2 Å². The van der Waals surface area contributed by atoms with Gasteiger partial charge in [0.1, 0.15) is 5.75 Å². The van der Waals surface area contributed by atoms with Crippen molar-refractivity contribution in [2.24, 2.45) is 0 Å². The monoisotopic (exact) mass is 359 g/mol. The third kappa shape index (κ3) is 3.39. The topological polar surface area (TPSA) is 63.7 Å². The normalized spacial score (nSPS) is 17.2. The van der Waals surface area contributed by atoms with Crippen LogP contribution in [0.5, 0.6) is 5.75 Å². The summed E-state index contributed by atoms with van der Waals surface area (Å²) in [6, 6.07) is 12.6. The van der Waals surface area contributed by atoms with Crippen molar-refractivity contribution in [2.75, 3.05) is 10.7 Å². The van der Waals surface area contributed by atoms with E-state index in [2.05, 4.69) is 0 Å². The highest BCUT2D eigenvalue weighted by Gasteiger charge is 2.32. The van der Waals surface area contributed by atoms with Crippen molar-refractivity contribution >= 4 is 21.4 Å². The Kier molecular flexibility index (Phi) is 4.56. The number of carbonyl (C=O) groups is 1. The number of carbonyl (C=O) groups excluding carboxylic acids is 1. The van der Waals surface area contributed by atoms with Gasteiger partial charge in [-0.05, 0) is 37.6 Å². The number of nitrogens with zero attached hydrogens (tertiary/aromatic N) is 1. The van der Waals surface area contributed by atoms with Crippen LogP contribution < -0.4 is 9.64 Å². The van der Waals surface area contributed by atoms with Gasteiger partial charge in [-0.25, -0.2) is 8.42 Å². The van der Waals surface area contributed by atoms with E-state index in [0.717, 1.165) is 11.1 Å². The van der Waals surface area contributed by atoms with Crippen molar-refractivity contribution < 1.29 is 17.9 Å². The maximum atomic E-state index is 12.6. The minimum atomic E-state index is -3.36. The van der Waals surface area contributed by atoms with E-state index in [0.29, 0.717) is 18.0 Å². The molecule has 0 spiro atoms. The summed E-state index contributed by atoms with van der Waals surface area (Å²) in [5.74, 6) is 0.350. The summed E-state index contributed by atoms with van der Waals surface area (Å²) in [6.45, 7) is 5.67. The Hall–Kier alpha value is -2.34. The highest BCUT2D eigenvalue weighted by molar-refractivity contribution is 7.91. The molecule has 2 aromatic rings. The number of aryl methyl sites for hydroxylation is 1. The molecule has 3 rings (SSSR count). The SMILES string of the molecule is CCS(=O)(=O)c1ccc2c(c1)N(Cc1ccc(C)cc1)C(=O)C(C)O2. The average molecular weight is 359 g/mol. The zero-order chi connectivity index (χ0) is 18.2. The Bertz CT molecular complexity index is 904. The van der Waals surface area contributed by atoms with E-state index < -0.39 is 15.9 Å². The number of rotatable bonds is 4. The number of hydrogen-bond acceptors (Lipinski definition) is 4. The lowest BCUT2D eigenvalue weighted by Crippen LogP contribution is -2.44. The number of sulfone groups is 1. The number of hydrogen-bond donors (Lipinski definition) is 0. The first-order chi connectivity index (χ1) is 11.8. The highest BCUT2D eigenvalue weighted by Crippen LogP contribution is 2.37. The van der Waals surface area contributed by atoms with Gasteiger partial charge in [0.25, 0.3) is 5.91 Å². The molecule has 1 aliphatic heterocycles. The summed E-state index contributed by atoms with van der Waals surface area (Å²) in [5.41, 5.74) is 2.61. The van der Waals surface area contributed by atoms with Gasteiger partial charge in [0, 0.05) is 0 Å². The first-order valence-electron chi connectivity index (χ1n) is 8.22. The molecule has 0 aromatic heterocycles. The molecule has 1 heterocycles. The molecule has 2 aromatic carbocycles. The Balaban J connectivity index is 2.05. The molecule has 0 saturated carbocycles. The fraction of sp³-hybridized carbons (Fsp3) is 0.316. The third-order valence-electron chi connectivity index (χ3n) is 4.34. The maximum absolute atomic E-state index is 12.6. The Morgan fingerprint density at radius 2 is 1.80 bits per heavy atom. The number of benzene rings is 2. The van der Waals surface area contributed by atoms with Crippen LogP contribution in [0.3, 0.4) is 0 Å². The van der Waals surface area contributed by atoms with Gasteiger partial charge in [-0.15, -0.1) is 0 Å². The van der Waals surface area contributed by atoms with Gasteiger partial charge in [0.05, 0.1) is 22.9 Å². The molecule has 6 heteroatoms. The molecule has 1 amide bonds. The molecule has 1 aliphatic rings. The summed E-state index contributed by atoms with van der Waals surface area (Å²) >= 11 is 0. The predicted octanol–water partition coefficient (Wildman–Crippen LogP) is 3.10. The van der Waals surface area contributed by atoms with Gasteiger partial charge in [0.15, 0.2) is 15.9 Å². The summed E-state index contributed by atoms with van der Waals surface area (Å²) in [5, 5.41) is 0. The molecule has 25 heavy (non-hydrogen) atoms. The maximum Gasteiger partial charge on any atom is 0.268 e. The van der Waals surface area contributed by atoms with Crippen molar-refractivity contribution in [3.8, 4) is 5.75 Å². The lowest BCUT2D eigenvalue weighted by atomic mass is 10.1.